The van der Waals surface area contributed by atoms with Crippen LogP contribution >= 0.6 is 0 Å². The fraction of sp³-hybridized carbons (Fsp3) is 0.200. The molecule has 0 N–H and O–H groups in total. The number of ether oxygens (including phenoxy) is 1. The smallest absolute Gasteiger partial charge is 0.250 e. The van der Waals surface area contributed by atoms with Crippen molar-refractivity contribution in [2.45, 2.75) is 0 Å². The van der Waals surface area contributed by atoms with Crippen molar-refractivity contribution in [3.63, 3.8) is 0 Å². The minimum Gasteiger partial charge on any atom is -0.474 e. The van der Waals surface area contributed by atoms with Gasteiger partial charge in [-0.25, -0.2) is 4.98 Å². The van der Waals surface area contributed by atoms with Gasteiger partial charge in [0.1, 0.15) is 12.3 Å². The summed E-state index contributed by atoms with van der Waals surface area (Å²) >= 11 is 0. The van der Waals surface area contributed by atoms with Crippen LogP contribution in [-0.2, 0) is 4.79 Å². The molecule has 1 aromatic heterocycles. The van der Waals surface area contributed by atoms with Crippen molar-refractivity contribution in [2.24, 2.45) is 0 Å². The molecule has 0 spiro atoms. The zero-order chi connectivity index (χ0) is 9.97. The van der Waals surface area contributed by atoms with Crippen molar-refractivity contribution >= 4 is 11.6 Å². The summed E-state index contributed by atoms with van der Waals surface area (Å²) in [5.74, 6) is 0.386. The Kier molecular flexibility index (Phi) is 2.18. The second-order valence-electron chi connectivity index (χ2n) is 2.87. The maximum absolute atomic E-state index is 11.5. The third-order valence-corrected chi connectivity index (χ3v) is 2.04. The third-order valence-electron chi connectivity index (χ3n) is 2.04. The quantitative estimate of drug-likeness (QED) is 0.620. The van der Waals surface area contributed by atoms with Gasteiger partial charge in [-0.1, -0.05) is 6.58 Å². The number of pyridine rings is 1. The van der Waals surface area contributed by atoms with E-state index in [0.29, 0.717) is 24.7 Å². The SMILES string of the molecule is C=CC(=O)N1CCOc2ncccc21. The first-order valence-electron chi connectivity index (χ1n) is 4.34. The lowest BCUT2D eigenvalue weighted by Crippen LogP contribution is -2.37. The van der Waals surface area contributed by atoms with Crippen LogP contribution in [-0.4, -0.2) is 24.0 Å². The zero-order valence-electron chi connectivity index (χ0n) is 7.64. The van der Waals surface area contributed by atoms with E-state index in [2.05, 4.69) is 11.6 Å². The molecule has 1 aliphatic heterocycles. The van der Waals surface area contributed by atoms with Crippen LogP contribution in [0.25, 0.3) is 0 Å². The normalized spacial score (nSPS) is 14.1. The average Bonchev–Trinajstić information content (AvgIpc) is 2.27. The summed E-state index contributed by atoms with van der Waals surface area (Å²) < 4.78 is 5.31. The summed E-state index contributed by atoms with van der Waals surface area (Å²) in [4.78, 5) is 17.1. The number of carbonyl (C=O) groups excluding carboxylic acids is 1. The molecule has 4 heteroatoms. The molecule has 1 aromatic rings. The molecule has 0 saturated heterocycles. The highest BCUT2D eigenvalue weighted by molar-refractivity contribution is 6.02. The minimum atomic E-state index is -0.123. The van der Waals surface area contributed by atoms with Crippen LogP contribution in [0.4, 0.5) is 5.69 Å². The molecule has 0 aromatic carbocycles. The molecule has 2 heterocycles. The first kappa shape index (κ1) is 8.74. The van der Waals surface area contributed by atoms with Crippen LogP contribution in [0, 0.1) is 0 Å². The molecule has 0 atom stereocenters. The second-order valence-corrected chi connectivity index (χ2v) is 2.87. The summed E-state index contributed by atoms with van der Waals surface area (Å²) in [6.45, 7) is 4.48. The van der Waals surface area contributed by atoms with E-state index >= 15 is 0 Å². The lowest BCUT2D eigenvalue weighted by molar-refractivity contribution is -0.114. The molecule has 0 unspecified atom stereocenters. The summed E-state index contributed by atoms with van der Waals surface area (Å²) in [5, 5.41) is 0. The van der Waals surface area contributed by atoms with Crippen molar-refractivity contribution in [3.05, 3.63) is 31.0 Å². The van der Waals surface area contributed by atoms with Gasteiger partial charge in [0.15, 0.2) is 0 Å². The van der Waals surface area contributed by atoms with Crippen molar-refractivity contribution in [2.75, 3.05) is 18.1 Å². The van der Waals surface area contributed by atoms with Gasteiger partial charge in [0, 0.05) is 6.20 Å². The molecule has 1 amide bonds. The number of rotatable bonds is 1. The fourth-order valence-corrected chi connectivity index (χ4v) is 1.39. The standard InChI is InChI=1S/C10H10N2O2/c1-2-9(13)12-6-7-14-10-8(12)4-3-5-11-10/h2-5H,1,6-7H2. The van der Waals surface area contributed by atoms with Crippen molar-refractivity contribution in [3.8, 4) is 5.88 Å². The van der Waals surface area contributed by atoms with E-state index in [1.165, 1.54) is 6.08 Å². The maximum Gasteiger partial charge on any atom is 0.250 e. The average molecular weight is 190 g/mol. The van der Waals surface area contributed by atoms with Crippen molar-refractivity contribution < 1.29 is 9.53 Å². The Bertz CT molecular complexity index is 376. The van der Waals surface area contributed by atoms with Gasteiger partial charge in [0.25, 0.3) is 5.91 Å². The van der Waals surface area contributed by atoms with Gasteiger partial charge >= 0.3 is 0 Å². The van der Waals surface area contributed by atoms with Crippen LogP contribution < -0.4 is 9.64 Å². The number of nitrogens with zero attached hydrogens (tertiary/aromatic N) is 2. The van der Waals surface area contributed by atoms with E-state index in [1.54, 1.807) is 17.2 Å². The Morgan fingerprint density at radius 3 is 3.36 bits per heavy atom. The van der Waals surface area contributed by atoms with Crippen LogP contribution in [0.2, 0.25) is 0 Å². The Balaban J connectivity index is 2.40. The van der Waals surface area contributed by atoms with Crippen LogP contribution in [0.15, 0.2) is 31.0 Å². The van der Waals surface area contributed by atoms with Gasteiger partial charge in [-0.15, -0.1) is 0 Å². The molecule has 1 aliphatic rings. The van der Waals surface area contributed by atoms with Crippen LogP contribution in [0.1, 0.15) is 0 Å². The maximum atomic E-state index is 11.5. The highest BCUT2D eigenvalue weighted by Gasteiger charge is 2.22. The second kappa shape index (κ2) is 3.49. The molecular weight excluding hydrogens is 180 g/mol. The molecule has 0 aliphatic carbocycles. The highest BCUT2D eigenvalue weighted by atomic mass is 16.5. The number of carbonyl (C=O) groups is 1. The van der Waals surface area contributed by atoms with E-state index in [1.807, 2.05) is 6.07 Å². The van der Waals surface area contributed by atoms with E-state index < -0.39 is 0 Å². The molecule has 0 fully saturated rings. The van der Waals surface area contributed by atoms with E-state index in [-0.39, 0.29) is 5.91 Å². The number of anilines is 1. The highest BCUT2D eigenvalue weighted by Crippen LogP contribution is 2.28. The Morgan fingerprint density at radius 1 is 1.71 bits per heavy atom. The van der Waals surface area contributed by atoms with Gasteiger partial charge in [-0.3, -0.25) is 4.79 Å². The summed E-state index contributed by atoms with van der Waals surface area (Å²) in [6.07, 6.45) is 2.93. The monoisotopic (exact) mass is 190 g/mol. The van der Waals surface area contributed by atoms with E-state index in [4.69, 9.17) is 4.74 Å². The van der Waals surface area contributed by atoms with Crippen molar-refractivity contribution in [1.82, 2.24) is 4.98 Å². The predicted octanol–water partition coefficient (Wildman–Crippen LogP) is 0.993. The molecular formula is C10H10N2O2. The van der Waals surface area contributed by atoms with Crippen LogP contribution in [0.5, 0.6) is 5.88 Å². The topological polar surface area (TPSA) is 42.4 Å². The third kappa shape index (κ3) is 1.35. The Hall–Kier alpha value is -1.84. The summed E-state index contributed by atoms with van der Waals surface area (Å²) in [7, 11) is 0. The lowest BCUT2D eigenvalue weighted by Gasteiger charge is -2.27. The zero-order valence-corrected chi connectivity index (χ0v) is 7.64. The minimum absolute atomic E-state index is 0.123. The van der Waals surface area contributed by atoms with Gasteiger partial charge in [0.2, 0.25) is 5.88 Å². The number of hydrogen-bond donors (Lipinski definition) is 0. The molecule has 0 bridgehead atoms. The van der Waals surface area contributed by atoms with Gasteiger partial charge < -0.3 is 9.64 Å². The molecule has 72 valence electrons. The van der Waals surface area contributed by atoms with Crippen molar-refractivity contribution in [1.29, 1.82) is 0 Å². The predicted molar refractivity (Wildman–Crippen MR) is 52.3 cm³/mol. The number of fused-ring (bicyclic) bond motifs is 1. The van der Waals surface area contributed by atoms with Crippen LogP contribution in [0.3, 0.4) is 0 Å². The number of amides is 1. The molecule has 0 radical (unpaired) electrons. The largest absolute Gasteiger partial charge is 0.474 e. The Labute approximate surface area is 81.8 Å². The van der Waals surface area contributed by atoms with Gasteiger partial charge in [-0.2, -0.15) is 0 Å². The molecule has 14 heavy (non-hydrogen) atoms. The van der Waals surface area contributed by atoms with E-state index in [0.717, 1.165) is 0 Å². The Morgan fingerprint density at radius 2 is 2.57 bits per heavy atom. The molecule has 0 saturated carbocycles. The molecule has 4 nitrogen and oxygen atoms in total. The lowest BCUT2D eigenvalue weighted by atomic mass is 10.3. The number of hydrogen-bond acceptors (Lipinski definition) is 3. The van der Waals surface area contributed by atoms with Gasteiger partial charge in [-0.05, 0) is 18.2 Å². The first-order chi connectivity index (χ1) is 6.83. The van der Waals surface area contributed by atoms with E-state index in [9.17, 15) is 4.79 Å². The number of aromatic nitrogens is 1. The fourth-order valence-electron chi connectivity index (χ4n) is 1.39. The first-order valence-corrected chi connectivity index (χ1v) is 4.34. The molecule has 2 rings (SSSR count). The van der Waals surface area contributed by atoms with Gasteiger partial charge in [0.05, 0.1) is 6.54 Å². The summed E-state index contributed by atoms with van der Waals surface area (Å²) in [6, 6.07) is 3.58. The summed E-state index contributed by atoms with van der Waals surface area (Å²) in [5.41, 5.74) is 0.712.